The van der Waals surface area contributed by atoms with E-state index >= 15 is 0 Å². The normalized spacial score (nSPS) is 15.1. The van der Waals surface area contributed by atoms with Gasteiger partial charge >= 0.3 is 0 Å². The van der Waals surface area contributed by atoms with Crippen LogP contribution in [-0.4, -0.2) is 44.8 Å². The van der Waals surface area contributed by atoms with Crippen molar-refractivity contribution in [3.05, 3.63) is 71.5 Å². The molecule has 2 aromatic carbocycles. The Hall–Kier alpha value is -2.47. The monoisotopic (exact) mass is 476 g/mol. The smallest absolute Gasteiger partial charge is 0.129 e. The van der Waals surface area contributed by atoms with Crippen LogP contribution in [0.1, 0.15) is 22.7 Å². The van der Waals surface area contributed by atoms with E-state index in [0.29, 0.717) is 0 Å². The molecule has 0 spiro atoms. The average molecular weight is 477 g/mol. The molecule has 0 fully saturated rings. The van der Waals surface area contributed by atoms with Crippen molar-refractivity contribution >= 4 is 24.8 Å². The molecular weight excluding hydrogens is 447 g/mol. The van der Waals surface area contributed by atoms with Crippen molar-refractivity contribution in [1.29, 1.82) is 0 Å². The Morgan fingerprint density at radius 1 is 0.938 bits per heavy atom. The molecule has 0 saturated heterocycles. The summed E-state index contributed by atoms with van der Waals surface area (Å²) in [5, 5.41) is 0. The van der Waals surface area contributed by atoms with Crippen LogP contribution in [0.3, 0.4) is 0 Å². The van der Waals surface area contributed by atoms with Gasteiger partial charge in [-0.3, -0.25) is 9.88 Å². The maximum Gasteiger partial charge on any atom is 0.129 e. The van der Waals surface area contributed by atoms with Gasteiger partial charge in [-0.25, -0.2) is 0 Å². The molecular formula is C25H30Cl2N2O3. The summed E-state index contributed by atoms with van der Waals surface area (Å²) in [5.41, 5.74) is 5.96. The number of aromatic nitrogens is 1. The number of benzene rings is 2. The van der Waals surface area contributed by atoms with Crippen LogP contribution in [0.25, 0.3) is 11.1 Å². The number of methoxy groups -OCH3 is 3. The summed E-state index contributed by atoms with van der Waals surface area (Å²) in [6, 6.07) is 15.0. The highest BCUT2D eigenvalue weighted by atomic mass is 35.5. The van der Waals surface area contributed by atoms with Crippen LogP contribution in [-0.2, 0) is 12.8 Å². The Kier molecular flexibility index (Phi) is 9.20. The number of ether oxygens (including phenoxy) is 3. The molecule has 172 valence electrons. The van der Waals surface area contributed by atoms with Gasteiger partial charge in [0.05, 0.1) is 21.3 Å². The quantitative estimate of drug-likeness (QED) is 0.477. The van der Waals surface area contributed by atoms with Gasteiger partial charge in [-0.1, -0.05) is 24.3 Å². The molecule has 32 heavy (non-hydrogen) atoms. The topological polar surface area (TPSA) is 43.8 Å². The van der Waals surface area contributed by atoms with Gasteiger partial charge in [0.1, 0.15) is 17.2 Å². The molecule has 0 aliphatic carbocycles. The second-order valence-corrected chi connectivity index (χ2v) is 7.63. The first-order chi connectivity index (χ1) is 14.6. The van der Waals surface area contributed by atoms with Crippen molar-refractivity contribution in [2.24, 2.45) is 0 Å². The Balaban J connectivity index is 0.00000181. The van der Waals surface area contributed by atoms with Gasteiger partial charge < -0.3 is 14.2 Å². The highest BCUT2D eigenvalue weighted by Gasteiger charge is 2.29. The van der Waals surface area contributed by atoms with Crippen molar-refractivity contribution in [3.8, 4) is 28.4 Å². The number of fused-ring (bicyclic) bond motifs is 1. The second-order valence-electron chi connectivity index (χ2n) is 7.63. The fourth-order valence-corrected chi connectivity index (χ4v) is 4.28. The Bertz CT molecular complexity index is 1010. The van der Waals surface area contributed by atoms with Crippen LogP contribution in [0.2, 0.25) is 0 Å². The molecule has 1 aliphatic heterocycles. The molecule has 7 heteroatoms. The molecule has 1 atom stereocenters. The third-order valence-electron chi connectivity index (χ3n) is 5.95. The van der Waals surface area contributed by atoms with Gasteiger partial charge in [0.25, 0.3) is 0 Å². The third-order valence-corrected chi connectivity index (χ3v) is 5.95. The Labute approximate surface area is 202 Å². The Morgan fingerprint density at radius 2 is 1.66 bits per heavy atom. The average Bonchev–Trinajstić information content (AvgIpc) is 2.80. The molecule has 2 heterocycles. The van der Waals surface area contributed by atoms with Crippen LogP contribution >= 0.6 is 24.8 Å². The fraction of sp³-hybridized carbons (Fsp3) is 0.320. The zero-order valence-electron chi connectivity index (χ0n) is 18.8. The molecule has 1 unspecified atom stereocenters. The first-order valence-corrected chi connectivity index (χ1v) is 10.2. The molecule has 4 rings (SSSR count). The molecule has 1 aromatic heterocycles. The fourth-order valence-electron chi connectivity index (χ4n) is 4.28. The van der Waals surface area contributed by atoms with Crippen LogP contribution in [0, 0.1) is 0 Å². The van der Waals surface area contributed by atoms with E-state index in [4.69, 9.17) is 14.2 Å². The lowest BCUT2D eigenvalue weighted by Gasteiger charge is -2.36. The summed E-state index contributed by atoms with van der Waals surface area (Å²) in [4.78, 5) is 6.66. The maximum atomic E-state index is 5.75. The predicted octanol–water partition coefficient (Wildman–Crippen LogP) is 5.39. The molecule has 3 aromatic rings. The van der Waals surface area contributed by atoms with Gasteiger partial charge in [-0.2, -0.15) is 0 Å². The molecule has 1 aliphatic rings. The molecule has 0 N–H and O–H groups in total. The summed E-state index contributed by atoms with van der Waals surface area (Å²) in [5.74, 6) is 2.58. The lowest BCUT2D eigenvalue weighted by molar-refractivity contribution is 0.222. The molecule has 0 saturated carbocycles. The number of hydrogen-bond acceptors (Lipinski definition) is 5. The Morgan fingerprint density at radius 3 is 2.31 bits per heavy atom. The summed E-state index contributed by atoms with van der Waals surface area (Å²) in [6.07, 6.45) is 5.50. The van der Waals surface area contributed by atoms with Gasteiger partial charge in [0.2, 0.25) is 0 Å². The second kappa shape index (κ2) is 11.4. The number of hydrogen-bond donors (Lipinski definition) is 0. The zero-order valence-corrected chi connectivity index (χ0v) is 20.5. The first-order valence-electron chi connectivity index (χ1n) is 10.2. The minimum atomic E-state index is 0. The van der Waals surface area contributed by atoms with E-state index < -0.39 is 0 Å². The van der Waals surface area contributed by atoms with Crippen LogP contribution in [0.15, 0.2) is 54.9 Å². The van der Waals surface area contributed by atoms with Crippen molar-refractivity contribution in [3.63, 3.8) is 0 Å². The minimum absolute atomic E-state index is 0. The van der Waals surface area contributed by atoms with E-state index in [1.807, 2.05) is 18.3 Å². The van der Waals surface area contributed by atoms with Gasteiger partial charge in [0.15, 0.2) is 0 Å². The van der Waals surface area contributed by atoms with E-state index in [1.165, 1.54) is 16.7 Å². The number of likely N-dealkylation sites (N-methyl/N-ethyl adjacent to an activating group) is 1. The van der Waals surface area contributed by atoms with E-state index in [0.717, 1.165) is 47.8 Å². The lowest BCUT2D eigenvalue weighted by Crippen LogP contribution is -2.33. The summed E-state index contributed by atoms with van der Waals surface area (Å²) in [6.45, 7) is 1.01. The predicted molar refractivity (Wildman–Crippen MR) is 133 cm³/mol. The van der Waals surface area contributed by atoms with Gasteiger partial charge in [-0.05, 0) is 48.7 Å². The zero-order chi connectivity index (χ0) is 21.1. The van der Waals surface area contributed by atoms with Crippen molar-refractivity contribution in [1.82, 2.24) is 9.88 Å². The van der Waals surface area contributed by atoms with Crippen molar-refractivity contribution in [2.75, 3.05) is 34.9 Å². The van der Waals surface area contributed by atoms with Crippen molar-refractivity contribution in [2.45, 2.75) is 18.9 Å². The van der Waals surface area contributed by atoms with Crippen LogP contribution in [0.4, 0.5) is 0 Å². The van der Waals surface area contributed by atoms with Gasteiger partial charge in [-0.15, -0.1) is 24.8 Å². The van der Waals surface area contributed by atoms with Gasteiger partial charge in [0, 0.05) is 42.2 Å². The summed E-state index contributed by atoms with van der Waals surface area (Å²) in [7, 11) is 7.31. The molecule has 0 amide bonds. The van der Waals surface area contributed by atoms with E-state index in [9.17, 15) is 0 Å². The minimum Gasteiger partial charge on any atom is -0.497 e. The lowest BCUT2D eigenvalue weighted by atomic mass is 9.87. The standard InChI is InChI=1S/C25H28N2O3.2ClH/c1-27-12-10-19-14-20(28-2)15-24(30-4)25(19)22(27)13-17-5-7-18(8-6-17)21-16-26-11-9-23(21)29-3;;/h5-9,11,14-16,22H,10,12-13H2,1-4H3;2*1H. The first kappa shape index (κ1) is 25.8. The highest BCUT2D eigenvalue weighted by Crippen LogP contribution is 2.40. The number of halogens is 2. The molecule has 0 bridgehead atoms. The summed E-state index contributed by atoms with van der Waals surface area (Å²) >= 11 is 0. The third kappa shape index (κ3) is 5.12. The molecule has 5 nitrogen and oxygen atoms in total. The number of rotatable bonds is 6. The van der Waals surface area contributed by atoms with Crippen LogP contribution < -0.4 is 14.2 Å². The van der Waals surface area contributed by atoms with Crippen molar-refractivity contribution < 1.29 is 14.2 Å². The SMILES string of the molecule is COc1cc2c(c(OC)c1)C(Cc1ccc(-c3cnccc3OC)cc1)N(C)CC2.Cl.Cl. The number of pyridine rings is 1. The molecule has 0 radical (unpaired) electrons. The maximum absolute atomic E-state index is 5.75. The van der Waals surface area contributed by atoms with Crippen LogP contribution in [0.5, 0.6) is 17.2 Å². The van der Waals surface area contributed by atoms with E-state index in [-0.39, 0.29) is 30.9 Å². The van der Waals surface area contributed by atoms with E-state index in [1.54, 1.807) is 27.5 Å². The number of nitrogens with zero attached hydrogens (tertiary/aromatic N) is 2. The summed E-state index contributed by atoms with van der Waals surface area (Å²) < 4.78 is 16.7. The highest BCUT2D eigenvalue weighted by molar-refractivity contribution is 5.85. The largest absolute Gasteiger partial charge is 0.497 e. The van der Waals surface area contributed by atoms with E-state index in [2.05, 4.69) is 47.3 Å².